The van der Waals surface area contributed by atoms with Crippen molar-refractivity contribution < 1.29 is 0 Å². The van der Waals surface area contributed by atoms with E-state index in [2.05, 4.69) is 15.0 Å². The first-order valence-electron chi connectivity index (χ1n) is 3.99. The molecular weight excluding hydrogens is 211 g/mol. The molecule has 0 amide bonds. The molecule has 0 N–H and O–H groups in total. The fourth-order valence-corrected chi connectivity index (χ4v) is 1.32. The third-order valence-electron chi connectivity index (χ3n) is 1.62. The topological polar surface area (TPSA) is 41.9 Å². The summed E-state index contributed by atoms with van der Waals surface area (Å²) in [6.07, 6.45) is 0. The van der Waals surface area contributed by atoms with Crippen LogP contribution >= 0.6 is 23.2 Å². The maximum absolute atomic E-state index is 5.63. The Balaban J connectivity index is 2.99. The minimum atomic E-state index is 0.127. The molecule has 0 aliphatic rings. The molecule has 1 heterocycles. The molecule has 0 atom stereocenters. The Kier molecular flexibility index (Phi) is 3.69. The average molecular weight is 221 g/mol. The summed E-state index contributed by atoms with van der Waals surface area (Å²) < 4.78 is 0. The van der Waals surface area contributed by atoms with E-state index < -0.39 is 0 Å². The summed E-state index contributed by atoms with van der Waals surface area (Å²) in [7, 11) is 0. The van der Waals surface area contributed by atoms with Crippen molar-refractivity contribution >= 4 is 29.2 Å². The second-order valence-corrected chi connectivity index (χ2v) is 3.02. The van der Waals surface area contributed by atoms with Crippen molar-refractivity contribution in [2.24, 2.45) is 0 Å². The van der Waals surface area contributed by atoms with E-state index in [4.69, 9.17) is 23.2 Å². The van der Waals surface area contributed by atoms with Crippen LogP contribution in [0.25, 0.3) is 0 Å². The SMILES string of the molecule is CCN(CC)c1nc(Cl)nc(Cl)n1. The Morgan fingerprint density at radius 2 is 1.46 bits per heavy atom. The molecular formula is C7H10Cl2N4. The lowest BCUT2D eigenvalue weighted by atomic mass is 10.5. The molecule has 1 rings (SSSR count). The minimum absolute atomic E-state index is 0.127. The quantitative estimate of drug-likeness (QED) is 0.782. The fourth-order valence-electron chi connectivity index (χ4n) is 0.964. The molecule has 0 aliphatic carbocycles. The summed E-state index contributed by atoms with van der Waals surface area (Å²) in [6.45, 7) is 5.64. The zero-order valence-corrected chi connectivity index (χ0v) is 8.97. The zero-order valence-electron chi connectivity index (χ0n) is 7.46. The molecule has 0 radical (unpaired) electrons. The highest BCUT2D eigenvalue weighted by Crippen LogP contribution is 2.12. The number of aromatic nitrogens is 3. The van der Waals surface area contributed by atoms with Crippen LogP contribution in [0.3, 0.4) is 0 Å². The first kappa shape index (κ1) is 10.5. The van der Waals surface area contributed by atoms with Crippen molar-refractivity contribution in [2.45, 2.75) is 13.8 Å². The molecule has 0 saturated carbocycles. The molecule has 13 heavy (non-hydrogen) atoms. The summed E-state index contributed by atoms with van der Waals surface area (Å²) in [5, 5.41) is 0.254. The second kappa shape index (κ2) is 4.58. The average Bonchev–Trinajstić information content (AvgIpc) is 2.04. The van der Waals surface area contributed by atoms with Crippen LogP contribution in [-0.4, -0.2) is 28.0 Å². The van der Waals surface area contributed by atoms with Gasteiger partial charge in [0.1, 0.15) is 0 Å². The van der Waals surface area contributed by atoms with Crippen molar-refractivity contribution in [3.05, 3.63) is 10.6 Å². The first-order valence-corrected chi connectivity index (χ1v) is 4.75. The number of hydrogen-bond acceptors (Lipinski definition) is 4. The summed E-state index contributed by atoms with van der Waals surface area (Å²) in [5.74, 6) is 0.523. The zero-order chi connectivity index (χ0) is 9.84. The molecule has 0 aromatic carbocycles. The van der Waals surface area contributed by atoms with Crippen LogP contribution in [0.15, 0.2) is 0 Å². The maximum atomic E-state index is 5.63. The Morgan fingerprint density at radius 3 is 1.85 bits per heavy atom. The standard InChI is InChI=1S/C7H10Cl2N4/c1-3-13(4-2)7-11-5(8)10-6(9)12-7/h3-4H2,1-2H3. The highest BCUT2D eigenvalue weighted by molar-refractivity contribution is 6.31. The molecule has 0 aliphatic heterocycles. The summed E-state index contributed by atoms with van der Waals surface area (Å²) in [4.78, 5) is 13.5. The van der Waals surface area contributed by atoms with Crippen molar-refractivity contribution in [3.8, 4) is 0 Å². The molecule has 72 valence electrons. The maximum Gasteiger partial charge on any atom is 0.230 e. The molecule has 1 aromatic heterocycles. The van der Waals surface area contributed by atoms with E-state index in [0.717, 1.165) is 13.1 Å². The third kappa shape index (κ3) is 2.67. The van der Waals surface area contributed by atoms with Crippen LogP contribution in [0.2, 0.25) is 10.6 Å². The molecule has 6 heteroatoms. The van der Waals surface area contributed by atoms with Crippen LogP contribution < -0.4 is 4.90 Å². The molecule has 0 fully saturated rings. The van der Waals surface area contributed by atoms with Crippen LogP contribution in [0, 0.1) is 0 Å². The fraction of sp³-hybridized carbons (Fsp3) is 0.571. The number of halogens is 2. The van der Waals surface area contributed by atoms with Gasteiger partial charge in [0.05, 0.1) is 0 Å². The van der Waals surface area contributed by atoms with Crippen LogP contribution in [0.5, 0.6) is 0 Å². The lowest BCUT2D eigenvalue weighted by Crippen LogP contribution is -2.24. The molecule has 0 spiro atoms. The van der Waals surface area contributed by atoms with E-state index in [1.807, 2.05) is 18.7 Å². The smallest absolute Gasteiger partial charge is 0.230 e. The van der Waals surface area contributed by atoms with E-state index in [9.17, 15) is 0 Å². The van der Waals surface area contributed by atoms with Gasteiger partial charge in [0.25, 0.3) is 0 Å². The van der Waals surface area contributed by atoms with Crippen molar-refractivity contribution in [3.63, 3.8) is 0 Å². The molecule has 0 saturated heterocycles. The summed E-state index contributed by atoms with van der Waals surface area (Å²) >= 11 is 11.3. The number of anilines is 1. The van der Waals surface area contributed by atoms with Gasteiger partial charge in [0, 0.05) is 13.1 Å². The predicted molar refractivity (Wildman–Crippen MR) is 53.4 cm³/mol. The summed E-state index contributed by atoms with van der Waals surface area (Å²) in [6, 6.07) is 0. The lowest BCUT2D eigenvalue weighted by Gasteiger charge is -2.17. The van der Waals surface area contributed by atoms with Crippen molar-refractivity contribution in [1.29, 1.82) is 0 Å². The van der Waals surface area contributed by atoms with E-state index in [-0.39, 0.29) is 10.6 Å². The van der Waals surface area contributed by atoms with Crippen LogP contribution in [0.4, 0.5) is 5.95 Å². The normalized spacial score (nSPS) is 10.2. The number of nitrogens with zero attached hydrogens (tertiary/aromatic N) is 4. The van der Waals surface area contributed by atoms with Gasteiger partial charge in [0.2, 0.25) is 16.5 Å². The highest BCUT2D eigenvalue weighted by atomic mass is 35.5. The van der Waals surface area contributed by atoms with Gasteiger partial charge in [-0.05, 0) is 37.0 Å². The molecule has 4 nitrogen and oxygen atoms in total. The Hall–Kier alpha value is -0.610. The summed E-state index contributed by atoms with van der Waals surface area (Å²) in [5.41, 5.74) is 0. The molecule has 0 unspecified atom stereocenters. The van der Waals surface area contributed by atoms with Gasteiger partial charge in [-0.15, -0.1) is 0 Å². The van der Waals surface area contributed by atoms with E-state index in [0.29, 0.717) is 5.95 Å². The third-order valence-corrected chi connectivity index (χ3v) is 1.95. The Labute approximate surface area is 86.9 Å². The van der Waals surface area contributed by atoms with Gasteiger partial charge in [0.15, 0.2) is 0 Å². The van der Waals surface area contributed by atoms with Crippen LogP contribution in [0.1, 0.15) is 13.8 Å². The van der Waals surface area contributed by atoms with Crippen molar-refractivity contribution in [1.82, 2.24) is 15.0 Å². The first-order chi connectivity index (χ1) is 6.17. The van der Waals surface area contributed by atoms with Gasteiger partial charge in [-0.25, -0.2) is 0 Å². The highest BCUT2D eigenvalue weighted by Gasteiger charge is 2.08. The largest absolute Gasteiger partial charge is 0.341 e. The van der Waals surface area contributed by atoms with E-state index in [1.165, 1.54) is 0 Å². The Morgan fingerprint density at radius 1 is 1.00 bits per heavy atom. The van der Waals surface area contributed by atoms with Crippen molar-refractivity contribution in [2.75, 3.05) is 18.0 Å². The monoisotopic (exact) mass is 220 g/mol. The van der Waals surface area contributed by atoms with Gasteiger partial charge >= 0.3 is 0 Å². The number of hydrogen-bond donors (Lipinski definition) is 0. The van der Waals surface area contributed by atoms with Gasteiger partial charge in [-0.1, -0.05) is 0 Å². The molecule has 0 bridgehead atoms. The van der Waals surface area contributed by atoms with E-state index >= 15 is 0 Å². The molecule has 1 aromatic rings. The Bertz CT molecular complexity index is 268. The predicted octanol–water partition coefficient (Wildman–Crippen LogP) is 2.02. The van der Waals surface area contributed by atoms with Gasteiger partial charge < -0.3 is 4.90 Å². The van der Waals surface area contributed by atoms with Gasteiger partial charge in [-0.3, -0.25) is 0 Å². The number of rotatable bonds is 3. The lowest BCUT2D eigenvalue weighted by molar-refractivity contribution is 0.811. The minimum Gasteiger partial charge on any atom is -0.341 e. The second-order valence-electron chi connectivity index (χ2n) is 2.35. The van der Waals surface area contributed by atoms with E-state index in [1.54, 1.807) is 0 Å². The van der Waals surface area contributed by atoms with Crippen LogP contribution in [-0.2, 0) is 0 Å². The van der Waals surface area contributed by atoms with Gasteiger partial charge in [-0.2, -0.15) is 15.0 Å².